The van der Waals surface area contributed by atoms with E-state index in [1.165, 1.54) is 11.1 Å². The van der Waals surface area contributed by atoms with Crippen LogP contribution in [0.5, 0.6) is 0 Å². The summed E-state index contributed by atoms with van der Waals surface area (Å²) >= 11 is 0. The highest BCUT2D eigenvalue weighted by Crippen LogP contribution is 2.23. The highest BCUT2D eigenvalue weighted by Gasteiger charge is 2.03. The van der Waals surface area contributed by atoms with Gasteiger partial charge in [0.25, 0.3) is 0 Å². The maximum Gasteiger partial charge on any atom is 0.0884 e. The maximum atomic E-state index is 6.98. The predicted molar refractivity (Wildman–Crippen MR) is 50.0 cm³/mol. The van der Waals surface area contributed by atoms with Gasteiger partial charge < -0.3 is 0 Å². The fourth-order valence-corrected chi connectivity index (χ4v) is 1.47. The van der Waals surface area contributed by atoms with E-state index in [4.69, 9.17) is 5.53 Å². The number of nitrogens with zero attached hydrogens (tertiary/aromatic N) is 1. The Kier molecular flexibility index (Phi) is 2.97. The van der Waals surface area contributed by atoms with Gasteiger partial charge in [-0.2, -0.15) is 5.11 Å². The largest absolute Gasteiger partial charge is 0.204 e. The quantitative estimate of drug-likeness (QED) is 0.661. The number of aryl methyl sites for hydroxylation is 1. The van der Waals surface area contributed by atoms with Crippen molar-refractivity contribution in [2.45, 2.75) is 26.7 Å². The van der Waals surface area contributed by atoms with Crippen LogP contribution in [0.15, 0.2) is 23.3 Å². The molecule has 1 N–H and O–H groups in total. The molecule has 0 saturated carbocycles. The van der Waals surface area contributed by atoms with Crippen LogP contribution < -0.4 is 0 Å². The third-order valence-electron chi connectivity index (χ3n) is 2.10. The molecule has 1 aromatic rings. The zero-order valence-corrected chi connectivity index (χ0v) is 7.59. The van der Waals surface area contributed by atoms with Crippen molar-refractivity contribution in [2.75, 3.05) is 0 Å². The fraction of sp³-hybridized carbons (Fsp3) is 0.400. The summed E-state index contributed by atoms with van der Waals surface area (Å²) in [5, 5.41) is 3.50. The van der Waals surface area contributed by atoms with Gasteiger partial charge in [-0.3, -0.25) is 0 Å². The second-order valence-electron chi connectivity index (χ2n) is 2.73. The summed E-state index contributed by atoms with van der Waals surface area (Å²) in [6.07, 6.45) is 1.98. The Balaban J connectivity index is 3.21. The van der Waals surface area contributed by atoms with Crippen molar-refractivity contribution in [3.63, 3.8) is 0 Å². The third kappa shape index (κ3) is 1.52. The lowest BCUT2D eigenvalue weighted by Gasteiger charge is -2.06. The second-order valence-corrected chi connectivity index (χ2v) is 2.73. The van der Waals surface area contributed by atoms with E-state index < -0.39 is 0 Å². The Hall–Kier alpha value is -1.18. The molecule has 0 amide bonds. The second kappa shape index (κ2) is 4.00. The predicted octanol–water partition coefficient (Wildman–Crippen LogP) is 3.47. The normalized spacial score (nSPS) is 9.83. The lowest BCUT2D eigenvalue weighted by atomic mass is 10.0. The van der Waals surface area contributed by atoms with Crippen LogP contribution in [-0.4, -0.2) is 0 Å². The monoisotopic (exact) mass is 162 g/mol. The van der Waals surface area contributed by atoms with Crippen LogP contribution in [0.1, 0.15) is 25.0 Å². The van der Waals surface area contributed by atoms with E-state index in [2.05, 4.69) is 25.0 Å². The average Bonchev–Trinajstić information content (AvgIpc) is 2.16. The number of hydrogen-bond acceptors (Lipinski definition) is 2. The molecule has 1 aromatic carbocycles. The molecule has 0 spiro atoms. The zero-order valence-electron chi connectivity index (χ0n) is 7.59. The third-order valence-corrected chi connectivity index (χ3v) is 2.10. The maximum absolute atomic E-state index is 6.98. The summed E-state index contributed by atoms with van der Waals surface area (Å²) in [5.74, 6) is 0. The smallest absolute Gasteiger partial charge is 0.0884 e. The fourth-order valence-electron chi connectivity index (χ4n) is 1.47. The Bertz CT molecular complexity index is 279. The van der Waals surface area contributed by atoms with Gasteiger partial charge in [0, 0.05) is 0 Å². The number of hydrogen-bond donors (Lipinski definition) is 1. The molecule has 0 bridgehead atoms. The van der Waals surface area contributed by atoms with E-state index in [9.17, 15) is 0 Å². The molecule has 0 saturated heterocycles. The topological polar surface area (TPSA) is 36.2 Å². The first-order chi connectivity index (χ1) is 5.83. The van der Waals surface area contributed by atoms with Crippen molar-refractivity contribution < 1.29 is 0 Å². The molecule has 0 radical (unpaired) electrons. The molecule has 0 fully saturated rings. The lowest BCUT2D eigenvalue weighted by Crippen LogP contribution is -1.90. The van der Waals surface area contributed by atoms with Crippen molar-refractivity contribution in [2.24, 2.45) is 5.11 Å². The molecule has 0 atom stereocenters. The molecule has 0 aromatic heterocycles. The summed E-state index contributed by atoms with van der Waals surface area (Å²) in [7, 11) is 0. The summed E-state index contributed by atoms with van der Waals surface area (Å²) in [4.78, 5) is 0. The summed E-state index contributed by atoms with van der Waals surface area (Å²) in [6, 6.07) is 5.96. The number of nitrogens with one attached hydrogen (secondary N) is 1. The molecule has 12 heavy (non-hydrogen) atoms. The van der Waals surface area contributed by atoms with Crippen molar-refractivity contribution in [1.82, 2.24) is 0 Å². The van der Waals surface area contributed by atoms with Gasteiger partial charge in [0.15, 0.2) is 0 Å². The van der Waals surface area contributed by atoms with Crippen LogP contribution in [0.3, 0.4) is 0 Å². The molecule has 0 unspecified atom stereocenters. The van der Waals surface area contributed by atoms with Gasteiger partial charge in [0.1, 0.15) is 0 Å². The van der Waals surface area contributed by atoms with Crippen molar-refractivity contribution >= 4 is 5.69 Å². The van der Waals surface area contributed by atoms with E-state index in [1.54, 1.807) is 0 Å². The molecule has 2 nitrogen and oxygen atoms in total. The Morgan fingerprint density at radius 2 is 2.00 bits per heavy atom. The average molecular weight is 162 g/mol. The van der Waals surface area contributed by atoms with Crippen LogP contribution in [0.25, 0.3) is 0 Å². The zero-order chi connectivity index (χ0) is 8.97. The van der Waals surface area contributed by atoms with Gasteiger partial charge in [0.05, 0.1) is 5.69 Å². The first-order valence-corrected chi connectivity index (χ1v) is 4.31. The highest BCUT2D eigenvalue weighted by atomic mass is 15.0. The number of rotatable bonds is 3. The van der Waals surface area contributed by atoms with Gasteiger partial charge >= 0.3 is 0 Å². The van der Waals surface area contributed by atoms with Gasteiger partial charge in [0.2, 0.25) is 0 Å². The van der Waals surface area contributed by atoms with E-state index in [1.807, 2.05) is 12.1 Å². The van der Waals surface area contributed by atoms with E-state index in [0.29, 0.717) is 0 Å². The Morgan fingerprint density at radius 1 is 1.25 bits per heavy atom. The molecule has 0 aliphatic rings. The first kappa shape index (κ1) is 8.91. The Morgan fingerprint density at radius 3 is 2.50 bits per heavy atom. The SMILES string of the molecule is CCc1cccc(N=N)c1CC. The van der Waals surface area contributed by atoms with Gasteiger partial charge in [-0.15, -0.1) is 0 Å². The summed E-state index contributed by atoms with van der Waals surface area (Å²) in [5.41, 5.74) is 10.3. The van der Waals surface area contributed by atoms with Gasteiger partial charge in [-0.25, -0.2) is 5.53 Å². The molecule has 0 aliphatic carbocycles. The van der Waals surface area contributed by atoms with Crippen LogP contribution in [0, 0.1) is 5.53 Å². The van der Waals surface area contributed by atoms with Crippen LogP contribution in [0.4, 0.5) is 5.69 Å². The van der Waals surface area contributed by atoms with Crippen LogP contribution in [-0.2, 0) is 12.8 Å². The Labute approximate surface area is 73.1 Å². The van der Waals surface area contributed by atoms with Gasteiger partial charge in [-0.05, 0) is 30.0 Å². The van der Waals surface area contributed by atoms with E-state index in [-0.39, 0.29) is 0 Å². The van der Waals surface area contributed by atoms with E-state index >= 15 is 0 Å². The molecule has 0 heterocycles. The van der Waals surface area contributed by atoms with Crippen molar-refractivity contribution in [3.8, 4) is 0 Å². The molecule has 0 aliphatic heterocycles. The summed E-state index contributed by atoms with van der Waals surface area (Å²) < 4.78 is 0. The van der Waals surface area contributed by atoms with E-state index in [0.717, 1.165) is 18.5 Å². The molecular weight excluding hydrogens is 148 g/mol. The van der Waals surface area contributed by atoms with Crippen LogP contribution >= 0.6 is 0 Å². The minimum atomic E-state index is 0.817. The minimum absolute atomic E-state index is 0.817. The van der Waals surface area contributed by atoms with Crippen molar-refractivity contribution in [1.29, 1.82) is 5.53 Å². The number of benzene rings is 1. The molecule has 64 valence electrons. The van der Waals surface area contributed by atoms with Crippen molar-refractivity contribution in [3.05, 3.63) is 29.3 Å². The first-order valence-electron chi connectivity index (χ1n) is 4.31. The van der Waals surface area contributed by atoms with Gasteiger partial charge in [-0.1, -0.05) is 26.0 Å². The standard InChI is InChI=1S/C10H14N2/c1-3-8-6-5-7-10(12-11)9(8)4-2/h5-7,11H,3-4H2,1-2H3. The lowest BCUT2D eigenvalue weighted by molar-refractivity contribution is 1.01. The molecule has 1 rings (SSSR count). The highest BCUT2D eigenvalue weighted by molar-refractivity contribution is 5.49. The molecule has 2 heteroatoms. The van der Waals surface area contributed by atoms with Crippen LogP contribution in [0.2, 0.25) is 0 Å². The minimum Gasteiger partial charge on any atom is -0.204 e. The molecular formula is C10H14N2. The summed E-state index contributed by atoms with van der Waals surface area (Å²) in [6.45, 7) is 4.23.